The quantitative estimate of drug-likeness (QED) is 0.884. The summed E-state index contributed by atoms with van der Waals surface area (Å²) in [6.07, 6.45) is 0.753. The molecule has 1 saturated heterocycles. The average Bonchev–Trinajstić information content (AvgIpc) is 2.46. The Hall–Kier alpha value is -0.850. The Morgan fingerprint density at radius 2 is 1.90 bits per heavy atom. The van der Waals surface area contributed by atoms with Gasteiger partial charge in [-0.15, -0.1) is 0 Å². The molecule has 0 atom stereocenters. The van der Waals surface area contributed by atoms with Crippen LogP contribution in [0.4, 0.5) is 4.39 Å². The highest BCUT2D eigenvalue weighted by Gasteiger charge is 2.19. The van der Waals surface area contributed by atoms with E-state index in [1.165, 1.54) is 13.2 Å². The molecule has 20 heavy (non-hydrogen) atoms. The second-order valence-corrected chi connectivity index (χ2v) is 5.53. The zero-order chi connectivity index (χ0) is 14.5. The van der Waals surface area contributed by atoms with E-state index in [-0.39, 0.29) is 11.6 Å². The second kappa shape index (κ2) is 7.24. The lowest BCUT2D eigenvalue weighted by Gasteiger charge is -2.27. The van der Waals surface area contributed by atoms with Gasteiger partial charge in [0.25, 0.3) is 0 Å². The highest BCUT2D eigenvalue weighted by molar-refractivity contribution is 9.10. The van der Waals surface area contributed by atoms with Crippen molar-refractivity contribution in [3.05, 3.63) is 21.9 Å². The molecular weight excluding hydrogens is 327 g/mol. The molecule has 0 unspecified atom stereocenters. The molecule has 1 N–H and O–H groups in total. The van der Waals surface area contributed by atoms with Crippen molar-refractivity contribution < 1.29 is 13.9 Å². The van der Waals surface area contributed by atoms with Crippen LogP contribution in [0.2, 0.25) is 0 Å². The zero-order valence-electron chi connectivity index (χ0n) is 11.8. The molecule has 4 nitrogen and oxygen atoms in total. The van der Waals surface area contributed by atoms with Crippen LogP contribution in [0.3, 0.4) is 0 Å². The number of halogens is 2. The van der Waals surface area contributed by atoms with Crippen molar-refractivity contribution in [2.75, 3.05) is 46.9 Å². The molecule has 6 heteroatoms. The lowest BCUT2D eigenvalue weighted by molar-refractivity contribution is 0.243. The van der Waals surface area contributed by atoms with Gasteiger partial charge in [-0.2, -0.15) is 0 Å². The number of hydrogen-bond acceptors (Lipinski definition) is 4. The van der Waals surface area contributed by atoms with Gasteiger partial charge in [0.2, 0.25) is 0 Å². The van der Waals surface area contributed by atoms with E-state index in [2.05, 4.69) is 26.1 Å². The van der Waals surface area contributed by atoms with Crippen molar-refractivity contribution in [2.24, 2.45) is 0 Å². The Kier molecular flexibility index (Phi) is 5.63. The second-order valence-electron chi connectivity index (χ2n) is 4.74. The van der Waals surface area contributed by atoms with Gasteiger partial charge < -0.3 is 19.7 Å². The van der Waals surface area contributed by atoms with Crippen LogP contribution in [0.5, 0.6) is 11.5 Å². The summed E-state index contributed by atoms with van der Waals surface area (Å²) in [7, 11) is 3.04. The summed E-state index contributed by atoms with van der Waals surface area (Å²) in [5, 5.41) is 3.32. The van der Waals surface area contributed by atoms with Crippen molar-refractivity contribution in [1.82, 2.24) is 10.2 Å². The van der Waals surface area contributed by atoms with Crippen LogP contribution in [0.15, 0.2) is 10.5 Å². The number of nitrogens with one attached hydrogen (secondary N) is 1. The molecule has 1 aliphatic rings. The Balaban J connectivity index is 2.14. The smallest absolute Gasteiger partial charge is 0.172 e. The molecule has 1 aromatic rings. The van der Waals surface area contributed by atoms with Gasteiger partial charge in [0.15, 0.2) is 11.6 Å². The molecule has 0 saturated carbocycles. The topological polar surface area (TPSA) is 33.7 Å². The summed E-state index contributed by atoms with van der Waals surface area (Å²) < 4.78 is 24.9. The van der Waals surface area contributed by atoms with E-state index >= 15 is 0 Å². The number of benzene rings is 1. The normalized spacial score (nSPS) is 16.2. The maximum Gasteiger partial charge on any atom is 0.172 e. The molecular formula is C14H20BrFN2O2. The fourth-order valence-electron chi connectivity index (χ4n) is 2.44. The van der Waals surface area contributed by atoms with Gasteiger partial charge >= 0.3 is 0 Å². The van der Waals surface area contributed by atoms with Gasteiger partial charge in [-0.05, 0) is 34.0 Å². The number of ether oxygens (including phenoxy) is 2. The Labute approximate surface area is 127 Å². The summed E-state index contributed by atoms with van der Waals surface area (Å²) >= 11 is 3.36. The molecule has 1 fully saturated rings. The van der Waals surface area contributed by atoms with E-state index in [4.69, 9.17) is 9.47 Å². The lowest BCUT2D eigenvalue weighted by Crippen LogP contribution is -2.44. The van der Waals surface area contributed by atoms with Gasteiger partial charge in [-0.25, -0.2) is 4.39 Å². The average molecular weight is 347 g/mol. The Morgan fingerprint density at radius 1 is 1.25 bits per heavy atom. The summed E-state index contributed by atoms with van der Waals surface area (Å²) in [5.74, 6) is 0.474. The van der Waals surface area contributed by atoms with Crippen LogP contribution in [0, 0.1) is 5.82 Å². The van der Waals surface area contributed by atoms with Crippen LogP contribution < -0.4 is 14.8 Å². The SMILES string of the molecule is COc1c(F)cc(CCN2CCNCC2)c(OC)c1Br. The van der Waals surface area contributed by atoms with E-state index in [9.17, 15) is 4.39 Å². The van der Waals surface area contributed by atoms with Gasteiger partial charge in [-0.1, -0.05) is 0 Å². The number of rotatable bonds is 5. The summed E-state index contributed by atoms with van der Waals surface area (Å²) in [5.41, 5.74) is 0.858. The van der Waals surface area contributed by atoms with E-state index < -0.39 is 0 Å². The van der Waals surface area contributed by atoms with E-state index in [1.54, 1.807) is 7.11 Å². The first-order chi connectivity index (χ1) is 9.67. The molecule has 1 aromatic carbocycles. The fourth-order valence-corrected chi connectivity index (χ4v) is 3.21. The monoisotopic (exact) mass is 346 g/mol. The number of hydrogen-bond donors (Lipinski definition) is 1. The minimum atomic E-state index is -0.365. The van der Waals surface area contributed by atoms with Gasteiger partial charge in [0.1, 0.15) is 10.2 Å². The predicted molar refractivity (Wildman–Crippen MR) is 80.2 cm³/mol. The van der Waals surface area contributed by atoms with Crippen LogP contribution in [0.1, 0.15) is 5.56 Å². The van der Waals surface area contributed by atoms with Crippen molar-refractivity contribution in [3.63, 3.8) is 0 Å². The lowest BCUT2D eigenvalue weighted by atomic mass is 10.1. The summed E-state index contributed by atoms with van der Waals surface area (Å²) in [6.45, 7) is 4.98. The molecule has 1 heterocycles. The molecule has 0 bridgehead atoms. The summed E-state index contributed by atoms with van der Waals surface area (Å²) in [6, 6.07) is 1.50. The minimum Gasteiger partial charge on any atom is -0.495 e. The first-order valence-corrected chi connectivity index (χ1v) is 7.48. The third-order valence-electron chi connectivity index (χ3n) is 3.52. The first-order valence-electron chi connectivity index (χ1n) is 6.69. The van der Waals surface area contributed by atoms with E-state index in [0.29, 0.717) is 10.2 Å². The van der Waals surface area contributed by atoms with Crippen molar-refractivity contribution in [2.45, 2.75) is 6.42 Å². The molecule has 0 aliphatic carbocycles. The maximum absolute atomic E-state index is 14.0. The Morgan fingerprint density at radius 3 is 2.50 bits per heavy atom. The standard InChI is InChI=1S/C14H20BrFN2O2/c1-19-13-10(3-6-18-7-4-17-5-8-18)9-11(16)14(20-2)12(13)15/h9,17H,3-8H2,1-2H3. The van der Waals surface area contributed by atoms with Crippen molar-refractivity contribution in [1.29, 1.82) is 0 Å². The van der Waals surface area contributed by atoms with Crippen LogP contribution in [0.25, 0.3) is 0 Å². The molecule has 0 spiro atoms. The van der Waals surface area contributed by atoms with Gasteiger partial charge in [0.05, 0.1) is 14.2 Å². The number of piperazine rings is 1. The fraction of sp³-hybridized carbons (Fsp3) is 0.571. The highest BCUT2D eigenvalue weighted by atomic mass is 79.9. The first kappa shape index (κ1) is 15.5. The molecule has 0 amide bonds. The van der Waals surface area contributed by atoms with Crippen molar-refractivity contribution >= 4 is 15.9 Å². The molecule has 112 valence electrons. The minimum absolute atomic E-state index is 0.188. The largest absolute Gasteiger partial charge is 0.495 e. The van der Waals surface area contributed by atoms with Gasteiger partial charge in [0, 0.05) is 32.7 Å². The van der Waals surface area contributed by atoms with E-state index in [1.807, 2.05) is 0 Å². The zero-order valence-corrected chi connectivity index (χ0v) is 13.4. The molecule has 0 radical (unpaired) electrons. The van der Waals surface area contributed by atoms with Crippen LogP contribution in [-0.4, -0.2) is 51.8 Å². The van der Waals surface area contributed by atoms with Crippen molar-refractivity contribution in [3.8, 4) is 11.5 Å². The summed E-state index contributed by atoms with van der Waals surface area (Å²) in [4.78, 5) is 2.37. The number of nitrogens with zero attached hydrogens (tertiary/aromatic N) is 1. The Bertz CT molecular complexity index is 465. The third-order valence-corrected chi connectivity index (χ3v) is 4.24. The van der Waals surface area contributed by atoms with Crippen LogP contribution >= 0.6 is 15.9 Å². The van der Waals surface area contributed by atoms with E-state index in [0.717, 1.165) is 44.7 Å². The predicted octanol–water partition coefficient (Wildman–Crippen LogP) is 2.05. The number of methoxy groups -OCH3 is 2. The van der Waals surface area contributed by atoms with Crippen LogP contribution in [-0.2, 0) is 6.42 Å². The molecule has 2 rings (SSSR count). The maximum atomic E-state index is 14.0. The van der Waals surface area contributed by atoms with Gasteiger partial charge in [-0.3, -0.25) is 0 Å². The third kappa shape index (κ3) is 3.42. The highest BCUT2D eigenvalue weighted by Crippen LogP contribution is 2.39. The molecule has 0 aromatic heterocycles. The molecule has 1 aliphatic heterocycles.